The molecule has 0 spiro atoms. The molecule has 7 nitrogen and oxygen atoms in total. The molecule has 2 aromatic carbocycles. The Kier molecular flexibility index (Phi) is 5.93. The predicted octanol–water partition coefficient (Wildman–Crippen LogP) is 2.49. The number of carbonyl (C=O) groups excluding carboxylic acids is 2. The lowest BCUT2D eigenvalue weighted by atomic mass is 9.98. The Balaban J connectivity index is 1.65. The van der Waals surface area contributed by atoms with E-state index in [2.05, 4.69) is 22.0 Å². The number of rotatable bonds is 5. The van der Waals surface area contributed by atoms with Crippen molar-refractivity contribution in [1.82, 2.24) is 10.6 Å². The van der Waals surface area contributed by atoms with Crippen LogP contribution >= 0.6 is 0 Å². The van der Waals surface area contributed by atoms with Crippen LogP contribution in [0.4, 0.5) is 10.5 Å². The number of anilines is 1. The van der Waals surface area contributed by atoms with Crippen LogP contribution in [-0.4, -0.2) is 39.2 Å². The molecule has 1 atom stereocenters. The van der Waals surface area contributed by atoms with Gasteiger partial charge in [0.2, 0.25) is 0 Å². The van der Waals surface area contributed by atoms with E-state index in [0.717, 1.165) is 12.0 Å². The fourth-order valence-electron chi connectivity index (χ4n) is 3.09. The van der Waals surface area contributed by atoms with Crippen LogP contribution < -0.4 is 20.7 Å². The summed E-state index contributed by atoms with van der Waals surface area (Å²) in [5, 5.41) is 8.11. The molecule has 0 saturated heterocycles. The Morgan fingerprint density at radius 2 is 2.04 bits per heavy atom. The summed E-state index contributed by atoms with van der Waals surface area (Å²) in [5.74, 6) is 0.227. The van der Waals surface area contributed by atoms with Crippen LogP contribution in [0, 0.1) is 0 Å². The van der Waals surface area contributed by atoms with E-state index in [1.807, 2.05) is 18.2 Å². The minimum absolute atomic E-state index is 0.181. The molecule has 0 aromatic heterocycles. The second-order valence-electron chi connectivity index (χ2n) is 6.14. The summed E-state index contributed by atoms with van der Waals surface area (Å²) in [4.78, 5) is 24.2. The molecule has 0 saturated carbocycles. The summed E-state index contributed by atoms with van der Waals surface area (Å²) in [5.41, 5.74) is 3.19. The van der Waals surface area contributed by atoms with Gasteiger partial charge in [0.05, 0.1) is 19.4 Å². The number of ether oxygens (including phenoxy) is 2. The van der Waals surface area contributed by atoms with Crippen LogP contribution in [0.5, 0.6) is 5.75 Å². The van der Waals surface area contributed by atoms with Gasteiger partial charge in [-0.2, -0.15) is 0 Å². The van der Waals surface area contributed by atoms with E-state index in [1.165, 1.54) is 12.7 Å². The lowest BCUT2D eigenvalue weighted by Crippen LogP contribution is -2.34. The zero-order chi connectivity index (χ0) is 19.2. The third kappa shape index (κ3) is 4.38. The monoisotopic (exact) mass is 369 g/mol. The van der Waals surface area contributed by atoms with Crippen molar-refractivity contribution in [3.63, 3.8) is 0 Å². The molecule has 2 aromatic rings. The zero-order valence-corrected chi connectivity index (χ0v) is 15.4. The molecule has 3 rings (SSSR count). The van der Waals surface area contributed by atoms with Crippen LogP contribution in [0.1, 0.15) is 27.6 Å². The Hall–Kier alpha value is -3.06. The summed E-state index contributed by atoms with van der Waals surface area (Å²) in [6, 6.07) is 12.5. The highest BCUT2D eigenvalue weighted by molar-refractivity contribution is 5.97. The van der Waals surface area contributed by atoms with Crippen LogP contribution in [0.3, 0.4) is 0 Å². The average Bonchev–Trinajstić information content (AvgIpc) is 2.71. The predicted molar refractivity (Wildman–Crippen MR) is 102 cm³/mol. The normalized spacial score (nSPS) is 15.4. The number of amides is 3. The Morgan fingerprint density at radius 1 is 1.22 bits per heavy atom. The van der Waals surface area contributed by atoms with E-state index >= 15 is 0 Å². The number of hydrogen-bond donors (Lipinski definition) is 3. The van der Waals surface area contributed by atoms with Crippen LogP contribution in [0.25, 0.3) is 0 Å². The van der Waals surface area contributed by atoms with Gasteiger partial charge in [-0.25, -0.2) is 4.79 Å². The molecule has 1 aliphatic rings. The maximum absolute atomic E-state index is 12.4. The van der Waals surface area contributed by atoms with Gasteiger partial charge in [-0.15, -0.1) is 0 Å². The average molecular weight is 369 g/mol. The second kappa shape index (κ2) is 8.55. The second-order valence-corrected chi connectivity index (χ2v) is 6.14. The third-order valence-electron chi connectivity index (χ3n) is 4.48. The van der Waals surface area contributed by atoms with Crippen molar-refractivity contribution in [1.29, 1.82) is 0 Å². The van der Waals surface area contributed by atoms with Crippen molar-refractivity contribution in [3.8, 4) is 5.75 Å². The highest BCUT2D eigenvalue weighted by Crippen LogP contribution is 2.27. The quantitative estimate of drug-likeness (QED) is 0.755. The van der Waals surface area contributed by atoms with Gasteiger partial charge >= 0.3 is 6.03 Å². The topological polar surface area (TPSA) is 88.7 Å². The maximum atomic E-state index is 12.4. The molecule has 0 bridgehead atoms. The van der Waals surface area contributed by atoms with Gasteiger partial charge in [0.25, 0.3) is 5.91 Å². The number of urea groups is 1. The fourth-order valence-corrected chi connectivity index (χ4v) is 3.09. The molecule has 142 valence electrons. The summed E-state index contributed by atoms with van der Waals surface area (Å²) in [6.07, 6.45) is 0.697. The highest BCUT2D eigenvalue weighted by atomic mass is 16.5. The van der Waals surface area contributed by atoms with Crippen LogP contribution in [-0.2, 0) is 11.2 Å². The first-order valence-electron chi connectivity index (χ1n) is 8.76. The lowest BCUT2D eigenvalue weighted by molar-refractivity contribution is 0.0444. The molecular weight excluding hydrogens is 346 g/mol. The van der Waals surface area contributed by atoms with Crippen molar-refractivity contribution >= 4 is 17.6 Å². The zero-order valence-electron chi connectivity index (χ0n) is 15.4. The van der Waals surface area contributed by atoms with E-state index in [9.17, 15) is 9.59 Å². The molecule has 0 unspecified atom stereocenters. The Morgan fingerprint density at radius 3 is 2.81 bits per heavy atom. The minimum atomic E-state index is -0.394. The van der Waals surface area contributed by atoms with Crippen molar-refractivity contribution in [2.75, 3.05) is 32.6 Å². The van der Waals surface area contributed by atoms with Gasteiger partial charge in [0.15, 0.2) is 0 Å². The van der Waals surface area contributed by atoms with Gasteiger partial charge in [-0.3, -0.25) is 4.79 Å². The maximum Gasteiger partial charge on any atom is 0.319 e. The minimum Gasteiger partial charge on any atom is -0.495 e. The smallest absolute Gasteiger partial charge is 0.319 e. The molecule has 7 heteroatoms. The molecular formula is C20H23N3O4. The molecule has 0 radical (unpaired) electrons. The van der Waals surface area contributed by atoms with Crippen molar-refractivity contribution in [2.45, 2.75) is 12.5 Å². The van der Waals surface area contributed by atoms with Crippen molar-refractivity contribution < 1.29 is 19.1 Å². The highest BCUT2D eigenvalue weighted by Gasteiger charge is 2.21. The van der Waals surface area contributed by atoms with Crippen molar-refractivity contribution in [2.24, 2.45) is 0 Å². The molecule has 1 heterocycles. The van der Waals surface area contributed by atoms with Crippen molar-refractivity contribution in [3.05, 3.63) is 59.2 Å². The summed E-state index contributed by atoms with van der Waals surface area (Å²) >= 11 is 0. The van der Waals surface area contributed by atoms with Gasteiger partial charge in [0.1, 0.15) is 11.9 Å². The van der Waals surface area contributed by atoms with Gasteiger partial charge in [-0.1, -0.05) is 24.3 Å². The lowest BCUT2D eigenvalue weighted by Gasteiger charge is -2.26. The molecule has 3 N–H and O–H groups in total. The molecule has 1 aliphatic heterocycles. The summed E-state index contributed by atoms with van der Waals surface area (Å²) in [6.45, 7) is 0.979. The van der Waals surface area contributed by atoms with E-state index < -0.39 is 6.03 Å². The van der Waals surface area contributed by atoms with E-state index in [4.69, 9.17) is 9.47 Å². The fraction of sp³-hybridized carbons (Fsp3) is 0.300. The Labute approximate surface area is 158 Å². The molecule has 0 aliphatic carbocycles. The summed E-state index contributed by atoms with van der Waals surface area (Å²) < 4.78 is 11.1. The van der Waals surface area contributed by atoms with E-state index in [-0.39, 0.29) is 12.0 Å². The first-order valence-corrected chi connectivity index (χ1v) is 8.76. The Bertz CT molecular complexity index is 838. The van der Waals surface area contributed by atoms with Crippen LogP contribution in [0.15, 0.2) is 42.5 Å². The number of benzene rings is 2. The first kappa shape index (κ1) is 18.7. The number of methoxy groups -OCH3 is 1. The summed E-state index contributed by atoms with van der Waals surface area (Å²) in [7, 11) is 3.05. The third-order valence-corrected chi connectivity index (χ3v) is 4.48. The number of nitrogens with one attached hydrogen (secondary N) is 3. The number of hydrogen-bond acceptors (Lipinski definition) is 4. The molecule has 27 heavy (non-hydrogen) atoms. The van der Waals surface area contributed by atoms with Gasteiger partial charge < -0.3 is 25.4 Å². The number of carbonyl (C=O) groups is 2. The largest absolute Gasteiger partial charge is 0.495 e. The van der Waals surface area contributed by atoms with Gasteiger partial charge in [0, 0.05) is 19.2 Å². The standard InChI is InChI=1S/C20H23N3O4/c1-21-19(24)14-7-8-17(26-2)16(11-14)23-20(25)22-12-18-15-6-4-3-5-13(15)9-10-27-18/h3-8,11,18H,9-10,12H2,1-2H3,(H,21,24)(H2,22,23,25)/t18-/m1/s1. The molecule has 0 fully saturated rings. The first-order chi connectivity index (χ1) is 13.1. The van der Waals surface area contributed by atoms with Crippen LogP contribution in [0.2, 0.25) is 0 Å². The molecule has 3 amide bonds. The van der Waals surface area contributed by atoms with E-state index in [0.29, 0.717) is 30.2 Å². The number of fused-ring (bicyclic) bond motifs is 1. The van der Waals surface area contributed by atoms with E-state index in [1.54, 1.807) is 25.2 Å². The van der Waals surface area contributed by atoms with Gasteiger partial charge in [-0.05, 0) is 35.7 Å². The SMILES string of the molecule is CNC(=O)c1ccc(OC)c(NC(=O)NC[C@H]2OCCc3ccccc32)c1.